The van der Waals surface area contributed by atoms with Crippen LogP contribution in [0.3, 0.4) is 0 Å². The van der Waals surface area contributed by atoms with Crippen LogP contribution < -0.4 is 19.5 Å². The number of hydrogen-bond donors (Lipinski definition) is 1. The molecule has 1 amide bonds. The van der Waals surface area contributed by atoms with Gasteiger partial charge in [-0.1, -0.05) is 12.1 Å². The second kappa shape index (κ2) is 9.40. The van der Waals surface area contributed by atoms with E-state index in [-0.39, 0.29) is 36.8 Å². The van der Waals surface area contributed by atoms with E-state index < -0.39 is 0 Å². The van der Waals surface area contributed by atoms with Crippen LogP contribution in [0.1, 0.15) is 22.2 Å². The Morgan fingerprint density at radius 2 is 1.97 bits per heavy atom. The second-order valence-electron chi connectivity index (χ2n) is 7.35. The molecular weight excluding hydrogens is 433 g/mol. The number of benzene rings is 2. The maximum atomic E-state index is 14.2. The van der Waals surface area contributed by atoms with Crippen molar-refractivity contribution in [1.82, 2.24) is 5.32 Å². The first-order valence-electron chi connectivity index (χ1n) is 10.1. The molecule has 3 aromatic rings. The summed E-state index contributed by atoms with van der Waals surface area (Å²) < 4.78 is 31.0. The first kappa shape index (κ1) is 21.8. The Bertz CT molecular complexity index is 1160. The fraction of sp³-hybridized carbons (Fsp3) is 0.250. The normalized spacial score (nSPS) is 14.4. The molecule has 2 heterocycles. The molecule has 0 spiro atoms. The summed E-state index contributed by atoms with van der Waals surface area (Å²) in [6.07, 6.45) is 0.145. The predicted molar refractivity (Wildman–Crippen MR) is 119 cm³/mol. The number of carbonyl (C=O) groups excluding carboxylic acids is 2. The minimum Gasteiger partial charge on any atom is -0.493 e. The zero-order valence-corrected chi connectivity index (χ0v) is 18.5. The number of fused-ring (bicyclic) bond motifs is 1. The molecule has 166 valence electrons. The summed E-state index contributed by atoms with van der Waals surface area (Å²) in [4.78, 5) is 25.2. The van der Waals surface area contributed by atoms with E-state index in [1.807, 2.05) is 6.07 Å². The van der Waals surface area contributed by atoms with Gasteiger partial charge in [-0.15, -0.1) is 11.3 Å². The van der Waals surface area contributed by atoms with Gasteiger partial charge in [-0.25, -0.2) is 4.39 Å². The molecule has 0 radical (unpaired) electrons. The van der Waals surface area contributed by atoms with E-state index in [0.29, 0.717) is 34.1 Å². The van der Waals surface area contributed by atoms with Gasteiger partial charge in [-0.2, -0.15) is 0 Å². The molecule has 0 fully saturated rings. The summed E-state index contributed by atoms with van der Waals surface area (Å²) >= 11 is 1.30. The molecule has 4 rings (SSSR count). The highest BCUT2D eigenvalue weighted by Gasteiger charge is 2.28. The van der Waals surface area contributed by atoms with E-state index in [0.717, 1.165) is 10.4 Å². The molecule has 0 bridgehead atoms. The molecule has 8 heteroatoms. The van der Waals surface area contributed by atoms with Crippen LogP contribution in [0.15, 0.2) is 48.5 Å². The van der Waals surface area contributed by atoms with Crippen molar-refractivity contribution in [3.63, 3.8) is 0 Å². The molecule has 1 atom stereocenters. The smallest absolute Gasteiger partial charge is 0.258 e. The molecule has 2 aromatic carbocycles. The molecule has 32 heavy (non-hydrogen) atoms. The minimum atomic E-state index is -0.366. The van der Waals surface area contributed by atoms with Crippen LogP contribution in [-0.2, 0) is 11.2 Å². The first-order valence-corrected chi connectivity index (χ1v) is 10.9. The van der Waals surface area contributed by atoms with Crippen molar-refractivity contribution in [2.75, 3.05) is 20.3 Å². The SMILES string of the molecule is COc1ccccc1OCC(=O)NCC1Cc2cc(F)cc(-c3ccc(C(C)=O)s3)c2O1. The molecule has 0 saturated heterocycles. The van der Waals surface area contributed by atoms with Crippen molar-refractivity contribution in [3.05, 3.63) is 64.8 Å². The van der Waals surface area contributed by atoms with Crippen LogP contribution >= 0.6 is 11.3 Å². The lowest BCUT2D eigenvalue weighted by Crippen LogP contribution is -2.37. The van der Waals surface area contributed by atoms with Crippen molar-refractivity contribution in [2.45, 2.75) is 19.4 Å². The van der Waals surface area contributed by atoms with Gasteiger partial charge in [-0.05, 0) is 43.3 Å². The number of ketones is 1. The van der Waals surface area contributed by atoms with Crippen LogP contribution in [0, 0.1) is 5.82 Å². The van der Waals surface area contributed by atoms with Gasteiger partial charge in [-0.3, -0.25) is 9.59 Å². The largest absolute Gasteiger partial charge is 0.493 e. The first-order chi connectivity index (χ1) is 15.4. The van der Waals surface area contributed by atoms with Crippen LogP contribution in [0.5, 0.6) is 17.2 Å². The lowest BCUT2D eigenvalue weighted by Gasteiger charge is -2.14. The number of nitrogens with one attached hydrogen (secondary N) is 1. The van der Waals surface area contributed by atoms with Crippen molar-refractivity contribution in [1.29, 1.82) is 0 Å². The fourth-order valence-corrected chi connectivity index (χ4v) is 4.44. The lowest BCUT2D eigenvalue weighted by molar-refractivity contribution is -0.123. The van der Waals surface area contributed by atoms with Crippen LogP contribution in [0.4, 0.5) is 4.39 Å². The highest BCUT2D eigenvalue weighted by molar-refractivity contribution is 7.17. The molecule has 1 unspecified atom stereocenters. The van der Waals surface area contributed by atoms with Gasteiger partial charge in [0, 0.05) is 22.4 Å². The van der Waals surface area contributed by atoms with Crippen molar-refractivity contribution in [3.8, 4) is 27.7 Å². The van der Waals surface area contributed by atoms with Crippen molar-refractivity contribution < 1.29 is 28.2 Å². The third kappa shape index (κ3) is 4.75. The summed E-state index contributed by atoms with van der Waals surface area (Å²) in [6, 6.07) is 13.5. The molecular formula is C24H22FNO5S. The number of halogens is 1. The van der Waals surface area contributed by atoms with E-state index in [9.17, 15) is 14.0 Å². The van der Waals surface area contributed by atoms with Crippen LogP contribution in [0.2, 0.25) is 0 Å². The number of thiophene rings is 1. The minimum absolute atomic E-state index is 0.0360. The maximum absolute atomic E-state index is 14.2. The van der Waals surface area contributed by atoms with E-state index in [2.05, 4.69) is 5.32 Å². The Morgan fingerprint density at radius 3 is 2.69 bits per heavy atom. The Hall–Kier alpha value is -3.39. The molecule has 1 N–H and O–H groups in total. The standard InChI is InChI=1S/C24H22FNO5S/c1-14(27)21-7-8-22(32-21)18-11-16(25)9-15-10-17(31-24(15)18)12-26-23(28)13-30-20-6-4-3-5-19(20)29-2/h3-9,11,17H,10,12-13H2,1-2H3,(H,26,28). The third-order valence-corrected chi connectivity index (χ3v) is 6.26. The number of methoxy groups -OCH3 is 1. The van der Waals surface area contributed by atoms with Gasteiger partial charge in [0.2, 0.25) is 0 Å². The second-order valence-corrected chi connectivity index (χ2v) is 8.43. The number of ether oxygens (including phenoxy) is 3. The zero-order chi connectivity index (χ0) is 22.7. The lowest BCUT2D eigenvalue weighted by atomic mass is 10.0. The highest BCUT2D eigenvalue weighted by atomic mass is 32.1. The zero-order valence-electron chi connectivity index (χ0n) is 17.6. The number of amides is 1. The van der Waals surface area contributed by atoms with E-state index in [4.69, 9.17) is 14.2 Å². The monoisotopic (exact) mass is 455 g/mol. The Kier molecular flexibility index (Phi) is 6.41. The Balaban J connectivity index is 1.38. The number of carbonyl (C=O) groups is 2. The van der Waals surface area contributed by atoms with Crippen LogP contribution in [-0.4, -0.2) is 38.1 Å². The summed E-state index contributed by atoms with van der Waals surface area (Å²) in [5.41, 5.74) is 1.35. The van der Waals surface area contributed by atoms with Crippen LogP contribution in [0.25, 0.3) is 10.4 Å². The maximum Gasteiger partial charge on any atom is 0.258 e. The van der Waals surface area contributed by atoms with E-state index in [1.54, 1.807) is 30.3 Å². The predicted octanol–water partition coefficient (Wildman–Crippen LogP) is 4.26. The molecule has 0 aliphatic carbocycles. The quantitative estimate of drug-likeness (QED) is 0.514. The molecule has 1 aliphatic rings. The number of rotatable bonds is 8. The molecule has 6 nitrogen and oxygen atoms in total. The summed E-state index contributed by atoms with van der Waals surface area (Å²) in [5, 5.41) is 2.79. The summed E-state index contributed by atoms with van der Waals surface area (Å²) in [7, 11) is 1.53. The van der Waals surface area contributed by atoms with Gasteiger partial charge in [0.15, 0.2) is 23.9 Å². The fourth-order valence-electron chi connectivity index (χ4n) is 3.52. The summed E-state index contributed by atoms with van der Waals surface area (Å²) in [5.74, 6) is 0.918. The molecule has 0 saturated carbocycles. The van der Waals surface area contributed by atoms with E-state index in [1.165, 1.54) is 37.5 Å². The van der Waals surface area contributed by atoms with Gasteiger partial charge in [0.1, 0.15) is 17.7 Å². The van der Waals surface area contributed by atoms with E-state index >= 15 is 0 Å². The number of Topliss-reactive ketones (excluding diaryl/α,β-unsaturated/α-hetero) is 1. The molecule has 1 aliphatic heterocycles. The average Bonchev–Trinajstić information content (AvgIpc) is 3.43. The third-order valence-electron chi connectivity index (χ3n) is 5.04. The summed E-state index contributed by atoms with van der Waals surface area (Å²) in [6.45, 7) is 1.59. The Morgan fingerprint density at radius 1 is 1.19 bits per heavy atom. The topological polar surface area (TPSA) is 73.9 Å². The van der Waals surface area contributed by atoms with Gasteiger partial charge < -0.3 is 19.5 Å². The number of hydrogen-bond acceptors (Lipinski definition) is 6. The van der Waals surface area contributed by atoms with Gasteiger partial charge in [0.05, 0.1) is 18.5 Å². The highest BCUT2D eigenvalue weighted by Crippen LogP contribution is 2.42. The Labute approximate surface area is 188 Å². The van der Waals surface area contributed by atoms with Crippen molar-refractivity contribution >= 4 is 23.0 Å². The van der Waals surface area contributed by atoms with Crippen molar-refractivity contribution in [2.24, 2.45) is 0 Å². The van der Waals surface area contributed by atoms with Gasteiger partial charge in [0.25, 0.3) is 5.91 Å². The van der Waals surface area contributed by atoms with Gasteiger partial charge >= 0.3 is 0 Å². The molecule has 1 aromatic heterocycles. The average molecular weight is 456 g/mol. The number of para-hydroxylation sites is 2.